The summed E-state index contributed by atoms with van der Waals surface area (Å²) >= 11 is 0. The molecule has 3 aromatic rings. The Kier molecular flexibility index (Phi) is 6.31. The van der Waals surface area contributed by atoms with E-state index < -0.39 is 0 Å². The van der Waals surface area contributed by atoms with Gasteiger partial charge in [-0.15, -0.1) is 0 Å². The highest BCUT2D eigenvalue weighted by Gasteiger charge is 2.28. The number of nitrogens with one attached hydrogen (secondary N) is 2. The molecule has 0 unspecified atom stereocenters. The third-order valence-electron chi connectivity index (χ3n) is 5.65. The van der Waals surface area contributed by atoms with Gasteiger partial charge in [-0.1, -0.05) is 36.4 Å². The second kappa shape index (κ2) is 9.33. The van der Waals surface area contributed by atoms with Crippen LogP contribution in [-0.4, -0.2) is 24.3 Å². The number of hydrogen-bond acceptors (Lipinski definition) is 4. The van der Waals surface area contributed by atoms with Gasteiger partial charge in [0.1, 0.15) is 5.75 Å². The first kappa shape index (κ1) is 22.3. The van der Waals surface area contributed by atoms with Crippen LogP contribution in [0.2, 0.25) is 0 Å². The first-order chi connectivity index (χ1) is 15.8. The Labute approximate surface area is 194 Å². The molecule has 0 saturated heterocycles. The standard InChI is InChI=1S/C28H28N2O3/c1-28(2)18-21-11-14-23(33-3)16-24(21)25(30-28)17-26(31)20-9-12-22(13-10-20)29-27(32)15-19-7-5-4-6-8-19/h4-14,16-17,30H,15,18H2,1-3H3,(H,29,32)/b25-17-. The Morgan fingerprint density at radius 3 is 2.45 bits per heavy atom. The highest BCUT2D eigenvalue weighted by Crippen LogP contribution is 2.32. The van der Waals surface area contributed by atoms with E-state index in [2.05, 4.69) is 30.5 Å². The molecular formula is C28H28N2O3. The van der Waals surface area contributed by atoms with E-state index in [-0.39, 0.29) is 17.2 Å². The predicted octanol–water partition coefficient (Wildman–Crippen LogP) is 5.02. The van der Waals surface area contributed by atoms with Gasteiger partial charge in [0, 0.05) is 34.1 Å². The van der Waals surface area contributed by atoms with Crippen molar-refractivity contribution in [1.82, 2.24) is 5.32 Å². The van der Waals surface area contributed by atoms with E-state index in [9.17, 15) is 9.59 Å². The Morgan fingerprint density at radius 1 is 1.03 bits per heavy atom. The number of carbonyl (C=O) groups is 2. The zero-order valence-corrected chi connectivity index (χ0v) is 19.1. The molecule has 0 atom stereocenters. The average Bonchev–Trinajstić information content (AvgIpc) is 2.79. The lowest BCUT2D eigenvalue weighted by Crippen LogP contribution is -2.43. The van der Waals surface area contributed by atoms with E-state index in [4.69, 9.17) is 4.74 Å². The summed E-state index contributed by atoms with van der Waals surface area (Å²) in [6, 6.07) is 22.5. The third-order valence-corrected chi connectivity index (χ3v) is 5.65. The summed E-state index contributed by atoms with van der Waals surface area (Å²) in [6.07, 6.45) is 2.80. The van der Waals surface area contributed by atoms with Crippen LogP contribution in [0.15, 0.2) is 78.9 Å². The summed E-state index contributed by atoms with van der Waals surface area (Å²) in [5, 5.41) is 6.37. The highest BCUT2D eigenvalue weighted by molar-refractivity contribution is 6.09. The van der Waals surface area contributed by atoms with Crippen molar-refractivity contribution >= 4 is 23.1 Å². The summed E-state index contributed by atoms with van der Waals surface area (Å²) in [5.74, 6) is 0.553. The van der Waals surface area contributed by atoms with Gasteiger partial charge < -0.3 is 15.4 Å². The molecule has 0 spiro atoms. The van der Waals surface area contributed by atoms with E-state index in [0.29, 0.717) is 17.7 Å². The fraction of sp³-hybridized carbons (Fsp3) is 0.214. The van der Waals surface area contributed by atoms with Crippen molar-refractivity contribution in [2.45, 2.75) is 32.2 Å². The summed E-state index contributed by atoms with van der Waals surface area (Å²) in [7, 11) is 1.64. The van der Waals surface area contributed by atoms with Crippen molar-refractivity contribution in [2.75, 3.05) is 12.4 Å². The van der Waals surface area contributed by atoms with Gasteiger partial charge in [0.25, 0.3) is 0 Å². The zero-order chi connectivity index (χ0) is 23.4. The van der Waals surface area contributed by atoms with Gasteiger partial charge in [-0.25, -0.2) is 0 Å². The lowest BCUT2D eigenvalue weighted by molar-refractivity contribution is -0.115. The molecule has 33 heavy (non-hydrogen) atoms. The quantitative estimate of drug-likeness (QED) is 0.417. The van der Waals surface area contributed by atoms with E-state index >= 15 is 0 Å². The van der Waals surface area contributed by atoms with Crippen LogP contribution in [-0.2, 0) is 17.6 Å². The molecule has 0 bridgehead atoms. The van der Waals surface area contributed by atoms with Crippen molar-refractivity contribution in [3.05, 3.63) is 101 Å². The fourth-order valence-corrected chi connectivity index (χ4v) is 4.07. The van der Waals surface area contributed by atoms with Gasteiger partial charge >= 0.3 is 0 Å². The highest BCUT2D eigenvalue weighted by atomic mass is 16.5. The molecule has 4 rings (SSSR count). The largest absolute Gasteiger partial charge is 0.497 e. The molecule has 5 nitrogen and oxygen atoms in total. The molecule has 3 aromatic carbocycles. The number of allylic oxidation sites excluding steroid dienone is 1. The Balaban J connectivity index is 1.50. The number of ketones is 1. The first-order valence-electron chi connectivity index (χ1n) is 11.0. The van der Waals surface area contributed by atoms with Gasteiger partial charge in [0.15, 0.2) is 5.78 Å². The number of benzene rings is 3. The molecule has 1 aliphatic heterocycles. The van der Waals surface area contributed by atoms with Crippen molar-refractivity contribution < 1.29 is 14.3 Å². The molecule has 2 N–H and O–H groups in total. The number of methoxy groups -OCH3 is 1. The molecular weight excluding hydrogens is 412 g/mol. The molecule has 1 aliphatic rings. The SMILES string of the molecule is COc1ccc2c(c1)/C(=C/C(=O)c1ccc(NC(=O)Cc3ccccc3)cc1)NC(C)(C)C2. The van der Waals surface area contributed by atoms with Crippen LogP contribution in [0.25, 0.3) is 5.70 Å². The number of fused-ring (bicyclic) bond motifs is 1. The van der Waals surface area contributed by atoms with Crippen LogP contribution in [0.1, 0.15) is 40.9 Å². The normalized spacial score (nSPS) is 15.3. The van der Waals surface area contributed by atoms with Gasteiger partial charge in [0.2, 0.25) is 5.91 Å². The first-order valence-corrected chi connectivity index (χ1v) is 11.0. The van der Waals surface area contributed by atoms with Gasteiger partial charge in [-0.2, -0.15) is 0 Å². The van der Waals surface area contributed by atoms with Crippen LogP contribution in [0, 0.1) is 0 Å². The summed E-state index contributed by atoms with van der Waals surface area (Å²) < 4.78 is 5.38. The van der Waals surface area contributed by atoms with E-state index in [1.165, 1.54) is 5.56 Å². The summed E-state index contributed by atoms with van der Waals surface area (Å²) in [4.78, 5) is 25.3. The molecule has 0 radical (unpaired) electrons. The van der Waals surface area contributed by atoms with Crippen molar-refractivity contribution in [1.29, 1.82) is 0 Å². The van der Waals surface area contributed by atoms with Crippen LogP contribution >= 0.6 is 0 Å². The molecule has 168 valence electrons. The lowest BCUT2D eigenvalue weighted by atomic mass is 9.85. The Morgan fingerprint density at radius 2 is 1.76 bits per heavy atom. The second-order valence-electron chi connectivity index (χ2n) is 8.92. The third kappa shape index (κ3) is 5.50. The van der Waals surface area contributed by atoms with Crippen molar-refractivity contribution in [2.24, 2.45) is 0 Å². The minimum absolute atomic E-state index is 0.0958. The number of carbonyl (C=O) groups excluding carboxylic acids is 2. The van der Waals surface area contributed by atoms with Crippen LogP contribution < -0.4 is 15.4 Å². The van der Waals surface area contributed by atoms with E-state index in [1.54, 1.807) is 37.5 Å². The molecule has 5 heteroatoms. The number of hydrogen-bond donors (Lipinski definition) is 2. The molecule has 0 aliphatic carbocycles. The molecule has 1 amide bonds. The van der Waals surface area contributed by atoms with Gasteiger partial charge in [-0.3, -0.25) is 9.59 Å². The van der Waals surface area contributed by atoms with Crippen LogP contribution in [0.4, 0.5) is 5.69 Å². The number of anilines is 1. The summed E-state index contributed by atoms with van der Waals surface area (Å²) in [6.45, 7) is 4.23. The van der Waals surface area contributed by atoms with Crippen molar-refractivity contribution in [3.63, 3.8) is 0 Å². The van der Waals surface area contributed by atoms with Gasteiger partial charge in [-0.05, 0) is 67.8 Å². The Bertz CT molecular complexity index is 1200. The predicted molar refractivity (Wildman–Crippen MR) is 131 cm³/mol. The van der Waals surface area contributed by atoms with Gasteiger partial charge in [0.05, 0.1) is 13.5 Å². The maximum atomic E-state index is 13.0. The lowest BCUT2D eigenvalue weighted by Gasteiger charge is -2.35. The summed E-state index contributed by atoms with van der Waals surface area (Å²) in [5.41, 5.74) is 4.94. The number of amides is 1. The number of rotatable bonds is 6. The average molecular weight is 441 g/mol. The monoisotopic (exact) mass is 440 g/mol. The minimum Gasteiger partial charge on any atom is -0.497 e. The second-order valence-corrected chi connectivity index (χ2v) is 8.92. The molecule has 0 fully saturated rings. The van der Waals surface area contributed by atoms with Crippen LogP contribution in [0.5, 0.6) is 5.75 Å². The van der Waals surface area contributed by atoms with E-state index in [1.807, 2.05) is 42.5 Å². The maximum absolute atomic E-state index is 13.0. The molecule has 1 heterocycles. The Hall–Kier alpha value is -3.86. The fourth-order valence-electron chi connectivity index (χ4n) is 4.07. The smallest absolute Gasteiger partial charge is 0.228 e. The molecule has 0 aromatic heterocycles. The van der Waals surface area contributed by atoms with E-state index in [0.717, 1.165) is 29.0 Å². The molecule has 0 saturated carbocycles. The topological polar surface area (TPSA) is 67.4 Å². The van der Waals surface area contributed by atoms with Crippen LogP contribution in [0.3, 0.4) is 0 Å². The zero-order valence-electron chi connectivity index (χ0n) is 19.1. The van der Waals surface area contributed by atoms with Crippen molar-refractivity contribution in [3.8, 4) is 5.75 Å². The minimum atomic E-state index is -0.166. The maximum Gasteiger partial charge on any atom is 0.228 e. The number of ether oxygens (including phenoxy) is 1.